The highest BCUT2D eigenvalue weighted by Crippen LogP contribution is 2.34. The first kappa shape index (κ1) is 21.8. The van der Waals surface area contributed by atoms with Crippen molar-refractivity contribution in [3.05, 3.63) is 29.8 Å². The minimum Gasteiger partial charge on any atom is -0.497 e. The molecule has 1 aromatic rings. The van der Waals surface area contributed by atoms with E-state index in [1.54, 1.807) is 7.11 Å². The number of rotatable bonds is 9. The first-order valence-electron chi connectivity index (χ1n) is 9.25. The van der Waals surface area contributed by atoms with Crippen LogP contribution < -0.4 is 4.74 Å². The molecule has 0 bridgehead atoms. The molecule has 1 fully saturated rings. The molecule has 0 heterocycles. The average Bonchev–Trinajstić information content (AvgIpc) is 2.67. The number of ether oxygens (including phenoxy) is 3. The second kappa shape index (κ2) is 11.4. The smallest absolute Gasteiger partial charge is 0.306 e. The summed E-state index contributed by atoms with van der Waals surface area (Å²) in [6.07, 6.45) is 4.43. The Morgan fingerprint density at radius 3 is 2.26 bits per heavy atom. The summed E-state index contributed by atoms with van der Waals surface area (Å²) in [4.78, 5) is 22.7. The van der Waals surface area contributed by atoms with Crippen molar-refractivity contribution in [2.75, 3.05) is 13.7 Å². The molecule has 5 nitrogen and oxygen atoms in total. The maximum absolute atomic E-state index is 12.0. The predicted octanol–water partition coefficient (Wildman–Crippen LogP) is 4.78. The summed E-state index contributed by atoms with van der Waals surface area (Å²) in [6.45, 7) is -0.0379. The lowest BCUT2D eigenvalue weighted by molar-refractivity contribution is -0.151. The Morgan fingerprint density at radius 2 is 1.67 bits per heavy atom. The van der Waals surface area contributed by atoms with E-state index in [1.165, 1.54) is 5.56 Å². The molecule has 27 heavy (non-hydrogen) atoms. The van der Waals surface area contributed by atoms with E-state index < -0.39 is 10.8 Å². The number of alkyl halides is 2. The van der Waals surface area contributed by atoms with Gasteiger partial charge in [0.25, 0.3) is 0 Å². The van der Waals surface area contributed by atoms with E-state index in [4.69, 9.17) is 37.4 Å². The Bertz CT molecular complexity index is 595. The molecule has 1 aliphatic rings. The summed E-state index contributed by atoms with van der Waals surface area (Å²) >= 11 is 11.0. The molecule has 7 heteroatoms. The number of esters is 2. The van der Waals surface area contributed by atoms with Gasteiger partial charge < -0.3 is 14.2 Å². The number of hydrogen-bond donors (Lipinski definition) is 0. The summed E-state index contributed by atoms with van der Waals surface area (Å²) < 4.78 is 15.6. The zero-order chi connectivity index (χ0) is 19.6. The molecule has 0 unspecified atom stereocenters. The monoisotopic (exact) mass is 416 g/mol. The molecule has 0 aliphatic heterocycles. The van der Waals surface area contributed by atoms with Crippen molar-refractivity contribution < 1.29 is 23.8 Å². The van der Waals surface area contributed by atoms with Crippen molar-refractivity contribution in [1.29, 1.82) is 0 Å². The van der Waals surface area contributed by atoms with Crippen LogP contribution in [0.1, 0.15) is 56.4 Å². The Hall–Kier alpha value is -1.46. The first-order valence-corrected chi connectivity index (χ1v) is 10.1. The highest BCUT2D eigenvalue weighted by molar-refractivity contribution is 6.44. The van der Waals surface area contributed by atoms with Crippen LogP contribution in [0.15, 0.2) is 24.3 Å². The molecule has 0 spiro atoms. The first-order chi connectivity index (χ1) is 13.0. The van der Waals surface area contributed by atoms with E-state index >= 15 is 0 Å². The van der Waals surface area contributed by atoms with Gasteiger partial charge in [-0.2, -0.15) is 0 Å². The number of halogens is 2. The molecular weight excluding hydrogens is 391 g/mol. The Kier molecular flexibility index (Phi) is 9.22. The van der Waals surface area contributed by atoms with Crippen molar-refractivity contribution in [2.45, 2.75) is 61.8 Å². The van der Waals surface area contributed by atoms with Crippen LogP contribution in [0.4, 0.5) is 0 Å². The molecule has 1 aromatic carbocycles. The molecule has 0 aromatic heterocycles. The van der Waals surface area contributed by atoms with E-state index in [2.05, 4.69) is 12.1 Å². The van der Waals surface area contributed by atoms with Crippen LogP contribution >= 0.6 is 23.2 Å². The molecule has 0 N–H and O–H groups in total. The number of methoxy groups -OCH3 is 1. The molecule has 1 aliphatic carbocycles. The van der Waals surface area contributed by atoms with E-state index in [0.29, 0.717) is 12.3 Å². The zero-order valence-corrected chi connectivity index (χ0v) is 17.0. The van der Waals surface area contributed by atoms with Gasteiger partial charge in [-0.1, -0.05) is 12.1 Å². The van der Waals surface area contributed by atoms with E-state index in [-0.39, 0.29) is 31.5 Å². The lowest BCUT2D eigenvalue weighted by Crippen LogP contribution is -2.24. The molecule has 0 radical (unpaired) electrons. The Labute approximate surface area is 170 Å². The molecular formula is C20H26Cl2O5. The van der Waals surface area contributed by atoms with Crippen molar-refractivity contribution >= 4 is 35.1 Å². The van der Waals surface area contributed by atoms with Crippen LogP contribution in [0.25, 0.3) is 0 Å². The van der Waals surface area contributed by atoms with E-state index in [0.717, 1.165) is 31.4 Å². The normalized spacial score (nSPS) is 19.6. The van der Waals surface area contributed by atoms with Crippen LogP contribution in [-0.4, -0.2) is 36.6 Å². The van der Waals surface area contributed by atoms with Crippen molar-refractivity contribution in [3.8, 4) is 5.75 Å². The molecule has 0 atom stereocenters. The fraction of sp³-hybridized carbons (Fsp3) is 0.600. The highest BCUT2D eigenvalue weighted by atomic mass is 35.5. The summed E-state index contributed by atoms with van der Waals surface area (Å²) in [7, 11) is 1.66. The minimum atomic E-state index is -0.730. The minimum absolute atomic E-state index is 0.0350. The van der Waals surface area contributed by atoms with Crippen molar-refractivity contribution in [3.63, 3.8) is 0 Å². The van der Waals surface area contributed by atoms with E-state index in [9.17, 15) is 9.59 Å². The number of hydrogen-bond acceptors (Lipinski definition) is 5. The molecule has 0 amide bonds. The zero-order valence-electron chi connectivity index (χ0n) is 15.5. The van der Waals surface area contributed by atoms with Crippen LogP contribution in [-0.2, 0) is 19.1 Å². The summed E-state index contributed by atoms with van der Waals surface area (Å²) in [5.74, 6) is 0.682. The SMILES string of the molecule is COc1ccc(C2CCC(OC(=O)CCCC(=O)OCC(Cl)Cl)CC2)cc1. The summed E-state index contributed by atoms with van der Waals surface area (Å²) in [5.41, 5.74) is 1.30. The van der Waals surface area contributed by atoms with Crippen LogP contribution in [0.3, 0.4) is 0 Å². The second-order valence-electron chi connectivity index (χ2n) is 6.66. The number of carbonyl (C=O) groups is 2. The van der Waals surface area contributed by atoms with Gasteiger partial charge in [0.1, 0.15) is 23.3 Å². The van der Waals surface area contributed by atoms with Gasteiger partial charge in [-0.25, -0.2) is 0 Å². The van der Waals surface area contributed by atoms with Gasteiger partial charge in [0, 0.05) is 12.8 Å². The van der Waals surface area contributed by atoms with Gasteiger partial charge in [-0.05, 0) is 55.7 Å². The van der Waals surface area contributed by atoms with Gasteiger partial charge in [-0.3, -0.25) is 9.59 Å². The van der Waals surface area contributed by atoms with Crippen LogP contribution in [0.5, 0.6) is 5.75 Å². The van der Waals surface area contributed by atoms with E-state index in [1.807, 2.05) is 12.1 Å². The molecule has 2 rings (SSSR count). The van der Waals surface area contributed by atoms with Crippen molar-refractivity contribution in [1.82, 2.24) is 0 Å². The van der Waals surface area contributed by atoms with Crippen LogP contribution in [0, 0.1) is 0 Å². The fourth-order valence-corrected chi connectivity index (χ4v) is 3.37. The Morgan fingerprint density at radius 1 is 1.04 bits per heavy atom. The third-order valence-corrected chi connectivity index (χ3v) is 4.94. The van der Waals surface area contributed by atoms with Crippen LogP contribution in [0.2, 0.25) is 0 Å². The van der Waals surface area contributed by atoms with Gasteiger partial charge in [0.05, 0.1) is 7.11 Å². The topological polar surface area (TPSA) is 61.8 Å². The average molecular weight is 417 g/mol. The molecule has 1 saturated carbocycles. The Balaban J connectivity index is 1.63. The highest BCUT2D eigenvalue weighted by Gasteiger charge is 2.25. The lowest BCUT2D eigenvalue weighted by Gasteiger charge is -2.28. The molecule has 150 valence electrons. The van der Waals surface area contributed by atoms with Gasteiger partial charge in [-0.15, -0.1) is 23.2 Å². The van der Waals surface area contributed by atoms with Gasteiger partial charge in [0.15, 0.2) is 0 Å². The van der Waals surface area contributed by atoms with Crippen molar-refractivity contribution in [2.24, 2.45) is 0 Å². The maximum atomic E-state index is 12.0. The maximum Gasteiger partial charge on any atom is 0.306 e. The largest absolute Gasteiger partial charge is 0.497 e. The standard InChI is InChI=1S/C20H26Cl2O5/c1-25-16-9-5-14(6-10-16)15-7-11-17(12-8-15)27-20(24)4-2-3-19(23)26-13-18(21)22/h5-6,9-10,15,17-18H,2-4,7-8,11-13H2,1H3. The second-order valence-corrected chi connectivity index (χ2v) is 7.94. The van der Waals surface area contributed by atoms with Gasteiger partial charge in [0.2, 0.25) is 0 Å². The summed E-state index contributed by atoms with van der Waals surface area (Å²) in [5, 5.41) is 0. The van der Waals surface area contributed by atoms with Gasteiger partial charge >= 0.3 is 11.9 Å². The number of benzene rings is 1. The summed E-state index contributed by atoms with van der Waals surface area (Å²) in [6, 6.07) is 8.16. The predicted molar refractivity (Wildman–Crippen MR) is 104 cm³/mol. The third-order valence-electron chi connectivity index (χ3n) is 4.69. The third kappa shape index (κ3) is 7.97. The number of carbonyl (C=O) groups excluding carboxylic acids is 2. The quantitative estimate of drug-likeness (QED) is 0.427. The lowest BCUT2D eigenvalue weighted by atomic mass is 9.83. The fourth-order valence-electron chi connectivity index (χ4n) is 3.24. The molecule has 0 saturated heterocycles.